The van der Waals surface area contributed by atoms with Gasteiger partial charge in [0.1, 0.15) is 5.82 Å². The van der Waals surface area contributed by atoms with Crippen molar-refractivity contribution in [3.8, 4) is 0 Å². The van der Waals surface area contributed by atoms with Gasteiger partial charge < -0.3 is 4.90 Å². The Kier molecular flexibility index (Phi) is 5.48. The van der Waals surface area contributed by atoms with Crippen LogP contribution in [0.5, 0.6) is 0 Å². The molecule has 0 saturated carbocycles. The zero-order chi connectivity index (χ0) is 12.8. The molecule has 17 heavy (non-hydrogen) atoms. The van der Waals surface area contributed by atoms with Gasteiger partial charge in [-0.2, -0.15) is 11.8 Å². The summed E-state index contributed by atoms with van der Waals surface area (Å²) in [5.74, 6) is -0.159. The molecule has 0 radical (unpaired) electrons. The highest BCUT2D eigenvalue weighted by Gasteiger charge is 2.18. The molecule has 0 aliphatic rings. The van der Waals surface area contributed by atoms with Crippen molar-refractivity contribution in [3.05, 3.63) is 35.6 Å². The number of thioether (sulfide) groups is 1. The number of rotatable bonds is 5. The Morgan fingerprint density at radius 1 is 1.53 bits per heavy atom. The van der Waals surface area contributed by atoms with Gasteiger partial charge >= 0.3 is 0 Å². The molecule has 0 heterocycles. The van der Waals surface area contributed by atoms with Gasteiger partial charge in [0.05, 0.1) is 5.25 Å². The van der Waals surface area contributed by atoms with Crippen LogP contribution in [0.25, 0.3) is 0 Å². The molecule has 0 saturated heterocycles. The second kappa shape index (κ2) is 6.64. The Morgan fingerprint density at radius 3 is 2.76 bits per heavy atom. The molecule has 0 spiro atoms. The molecule has 0 fully saturated rings. The monoisotopic (exact) mass is 255 g/mol. The van der Waals surface area contributed by atoms with E-state index in [1.54, 1.807) is 11.0 Å². The number of benzene rings is 1. The number of carbonyl (C=O) groups is 1. The molecule has 1 aromatic rings. The Bertz CT molecular complexity index is 383. The van der Waals surface area contributed by atoms with E-state index in [4.69, 9.17) is 0 Å². The van der Waals surface area contributed by atoms with Crippen LogP contribution in [0.15, 0.2) is 24.3 Å². The van der Waals surface area contributed by atoms with E-state index in [0.29, 0.717) is 13.1 Å². The SMILES string of the molecule is CCN(Cc1cccc(F)c1)C(=O)C(C)SC. The molecule has 1 aromatic carbocycles. The molecule has 0 aliphatic heterocycles. The molecule has 0 bridgehead atoms. The molecule has 0 N–H and O–H groups in total. The third kappa shape index (κ3) is 4.04. The molecule has 94 valence electrons. The number of hydrogen-bond acceptors (Lipinski definition) is 2. The van der Waals surface area contributed by atoms with Crippen LogP contribution in [-0.2, 0) is 11.3 Å². The lowest BCUT2D eigenvalue weighted by Crippen LogP contribution is -2.35. The molecular formula is C13H18FNOS. The van der Waals surface area contributed by atoms with Crippen molar-refractivity contribution < 1.29 is 9.18 Å². The van der Waals surface area contributed by atoms with Crippen molar-refractivity contribution in [2.24, 2.45) is 0 Å². The van der Waals surface area contributed by atoms with E-state index in [9.17, 15) is 9.18 Å². The number of nitrogens with zero attached hydrogens (tertiary/aromatic N) is 1. The van der Waals surface area contributed by atoms with Gasteiger partial charge in [0.2, 0.25) is 5.91 Å². The highest BCUT2D eigenvalue weighted by molar-refractivity contribution is 7.99. The predicted octanol–water partition coefficient (Wildman–Crippen LogP) is 2.93. The fourth-order valence-electron chi connectivity index (χ4n) is 1.56. The van der Waals surface area contributed by atoms with Crippen LogP contribution < -0.4 is 0 Å². The van der Waals surface area contributed by atoms with Crippen molar-refractivity contribution in [1.29, 1.82) is 0 Å². The third-order valence-electron chi connectivity index (χ3n) is 2.66. The van der Waals surface area contributed by atoms with Gasteiger partial charge in [0, 0.05) is 13.1 Å². The fourth-order valence-corrected chi connectivity index (χ4v) is 1.91. The molecule has 0 aromatic heterocycles. The van der Waals surface area contributed by atoms with Crippen LogP contribution in [0, 0.1) is 5.82 Å². The minimum absolute atomic E-state index is 0.0523. The van der Waals surface area contributed by atoms with Gasteiger partial charge in [0.15, 0.2) is 0 Å². The van der Waals surface area contributed by atoms with Gasteiger partial charge in [0.25, 0.3) is 0 Å². The van der Waals surface area contributed by atoms with Crippen LogP contribution in [0.3, 0.4) is 0 Å². The topological polar surface area (TPSA) is 20.3 Å². The molecule has 1 atom stereocenters. The molecule has 1 unspecified atom stereocenters. The normalized spacial score (nSPS) is 12.2. The van der Waals surface area contributed by atoms with E-state index < -0.39 is 0 Å². The van der Waals surface area contributed by atoms with Crippen molar-refractivity contribution >= 4 is 17.7 Å². The van der Waals surface area contributed by atoms with Crippen molar-refractivity contribution in [2.75, 3.05) is 12.8 Å². The van der Waals surface area contributed by atoms with Crippen LogP contribution in [0.4, 0.5) is 4.39 Å². The number of carbonyl (C=O) groups excluding carboxylic acids is 1. The second-order valence-electron chi connectivity index (χ2n) is 3.86. The molecule has 1 amide bonds. The average molecular weight is 255 g/mol. The van der Waals surface area contributed by atoms with Gasteiger partial charge in [-0.25, -0.2) is 4.39 Å². The fraction of sp³-hybridized carbons (Fsp3) is 0.462. The van der Waals surface area contributed by atoms with E-state index in [1.165, 1.54) is 23.9 Å². The summed E-state index contributed by atoms with van der Waals surface area (Å²) in [6.07, 6.45) is 1.92. The zero-order valence-corrected chi connectivity index (χ0v) is 11.3. The van der Waals surface area contributed by atoms with Crippen LogP contribution >= 0.6 is 11.8 Å². The van der Waals surface area contributed by atoms with Gasteiger partial charge in [-0.15, -0.1) is 0 Å². The predicted molar refractivity (Wildman–Crippen MR) is 70.5 cm³/mol. The second-order valence-corrected chi connectivity index (χ2v) is 5.04. The standard InChI is InChI=1S/C13H18FNOS/c1-4-15(13(16)10(2)17-3)9-11-6-5-7-12(14)8-11/h5-8,10H,4,9H2,1-3H3. The van der Waals surface area contributed by atoms with Gasteiger partial charge in [-0.1, -0.05) is 12.1 Å². The van der Waals surface area contributed by atoms with Crippen LogP contribution in [0.2, 0.25) is 0 Å². The van der Waals surface area contributed by atoms with Crippen molar-refractivity contribution in [2.45, 2.75) is 25.6 Å². The summed E-state index contributed by atoms with van der Waals surface area (Å²) in [4.78, 5) is 13.8. The largest absolute Gasteiger partial charge is 0.338 e. The molecular weight excluding hydrogens is 237 g/mol. The lowest BCUT2D eigenvalue weighted by molar-refractivity contribution is -0.130. The Labute approximate surface area is 106 Å². The lowest BCUT2D eigenvalue weighted by Gasteiger charge is -2.23. The summed E-state index contributed by atoms with van der Waals surface area (Å²) >= 11 is 1.53. The molecule has 0 aliphatic carbocycles. The first-order valence-electron chi connectivity index (χ1n) is 5.64. The van der Waals surface area contributed by atoms with Crippen LogP contribution in [0.1, 0.15) is 19.4 Å². The summed E-state index contributed by atoms with van der Waals surface area (Å²) < 4.78 is 13.0. The highest BCUT2D eigenvalue weighted by Crippen LogP contribution is 2.13. The number of amides is 1. The molecule has 2 nitrogen and oxygen atoms in total. The summed E-state index contributed by atoms with van der Waals surface area (Å²) in [7, 11) is 0. The van der Waals surface area contributed by atoms with E-state index in [-0.39, 0.29) is 17.0 Å². The maximum Gasteiger partial charge on any atom is 0.235 e. The Hall–Kier alpha value is -1.03. The van der Waals surface area contributed by atoms with Crippen molar-refractivity contribution in [1.82, 2.24) is 4.90 Å². The lowest BCUT2D eigenvalue weighted by atomic mass is 10.2. The number of halogens is 1. The number of hydrogen-bond donors (Lipinski definition) is 0. The molecule has 1 rings (SSSR count). The minimum Gasteiger partial charge on any atom is -0.338 e. The smallest absolute Gasteiger partial charge is 0.235 e. The highest BCUT2D eigenvalue weighted by atomic mass is 32.2. The summed E-state index contributed by atoms with van der Waals surface area (Å²) in [5.41, 5.74) is 0.827. The Morgan fingerprint density at radius 2 is 2.24 bits per heavy atom. The summed E-state index contributed by atoms with van der Waals surface area (Å²) in [5, 5.41) is -0.0523. The minimum atomic E-state index is -0.260. The third-order valence-corrected chi connectivity index (χ3v) is 3.57. The van der Waals surface area contributed by atoms with E-state index in [2.05, 4.69) is 0 Å². The van der Waals surface area contributed by atoms with E-state index >= 15 is 0 Å². The first-order chi connectivity index (χ1) is 8.08. The zero-order valence-electron chi connectivity index (χ0n) is 10.4. The Balaban J connectivity index is 2.73. The van der Waals surface area contributed by atoms with Gasteiger partial charge in [-0.3, -0.25) is 4.79 Å². The summed E-state index contributed by atoms with van der Waals surface area (Å²) in [6.45, 7) is 4.93. The maximum atomic E-state index is 13.0. The van der Waals surface area contributed by atoms with Crippen molar-refractivity contribution in [3.63, 3.8) is 0 Å². The maximum absolute atomic E-state index is 13.0. The van der Waals surface area contributed by atoms with E-state index in [1.807, 2.05) is 26.2 Å². The molecule has 4 heteroatoms. The average Bonchev–Trinajstić information content (AvgIpc) is 2.34. The first kappa shape index (κ1) is 14.0. The van der Waals surface area contributed by atoms with E-state index in [0.717, 1.165) is 5.56 Å². The van der Waals surface area contributed by atoms with Crippen LogP contribution in [-0.4, -0.2) is 28.9 Å². The first-order valence-corrected chi connectivity index (χ1v) is 6.93. The quantitative estimate of drug-likeness (QED) is 0.806. The van der Waals surface area contributed by atoms with Gasteiger partial charge in [-0.05, 0) is 37.8 Å². The summed E-state index contributed by atoms with van der Waals surface area (Å²) in [6, 6.07) is 6.38.